The molecule has 0 unspecified atom stereocenters. The third-order valence-corrected chi connectivity index (χ3v) is 8.36. The summed E-state index contributed by atoms with van der Waals surface area (Å²) in [5, 5.41) is 1.08. The molecule has 1 aromatic carbocycles. The summed E-state index contributed by atoms with van der Waals surface area (Å²) in [6, 6.07) is 6.70. The number of likely N-dealkylation sites (tertiary alicyclic amines) is 1. The van der Waals surface area contributed by atoms with Crippen LogP contribution in [0.15, 0.2) is 42.9 Å². The number of amides is 1. The van der Waals surface area contributed by atoms with Crippen molar-refractivity contribution in [3.63, 3.8) is 0 Å². The van der Waals surface area contributed by atoms with Gasteiger partial charge < -0.3 is 9.47 Å². The fourth-order valence-corrected chi connectivity index (χ4v) is 5.91. The summed E-state index contributed by atoms with van der Waals surface area (Å²) in [6.07, 6.45) is 9.48. The highest BCUT2D eigenvalue weighted by molar-refractivity contribution is 5.99. The maximum absolute atomic E-state index is 14.3. The van der Waals surface area contributed by atoms with Crippen molar-refractivity contribution in [2.45, 2.75) is 76.3 Å². The van der Waals surface area contributed by atoms with E-state index < -0.39 is 11.7 Å². The maximum Gasteiger partial charge on any atom is 0.256 e. The monoisotopic (exact) mass is 512 g/mol. The Morgan fingerprint density at radius 1 is 1.11 bits per heavy atom. The van der Waals surface area contributed by atoms with Crippen LogP contribution >= 0.6 is 0 Å². The second-order valence-electron chi connectivity index (χ2n) is 10.9. The lowest BCUT2D eigenvalue weighted by molar-refractivity contribution is -0.0659. The Labute approximate surface area is 216 Å². The average Bonchev–Trinajstić information content (AvgIpc) is 3.27. The van der Waals surface area contributed by atoms with Crippen molar-refractivity contribution in [1.82, 2.24) is 19.4 Å². The van der Waals surface area contributed by atoms with Gasteiger partial charge in [-0.2, -0.15) is 0 Å². The molecule has 5 rings (SSSR count). The Morgan fingerprint density at radius 3 is 2.49 bits per heavy atom. The normalized spacial score (nSPS) is 22.5. The van der Waals surface area contributed by atoms with Crippen molar-refractivity contribution in [3.8, 4) is 5.69 Å². The standard InChI is InChI=1S/C29H35F3N4O/c1-19(2)34(3)28(37)24-16-21(30)6-9-26(24)36-18-25(23-10-13-33-17-27(23)36)20-4-7-22(8-5-20)35-14-11-29(31,32)12-15-35/h6,9-10,13,16-20,22H,4-5,7-8,11-12,14-15H2,1-3H3/t20-,22+. The lowest BCUT2D eigenvalue weighted by Crippen LogP contribution is -2.46. The Hall–Kier alpha value is -2.87. The quantitative estimate of drug-likeness (QED) is 0.397. The van der Waals surface area contributed by atoms with Gasteiger partial charge in [-0.05, 0) is 75.3 Å². The van der Waals surface area contributed by atoms with Crippen LogP contribution in [0.2, 0.25) is 0 Å². The summed E-state index contributed by atoms with van der Waals surface area (Å²) < 4.78 is 43.5. The zero-order valence-electron chi connectivity index (χ0n) is 21.8. The summed E-state index contributed by atoms with van der Waals surface area (Å²) in [6.45, 7) is 4.80. The predicted molar refractivity (Wildman–Crippen MR) is 139 cm³/mol. The molecule has 37 heavy (non-hydrogen) atoms. The first-order chi connectivity index (χ1) is 17.6. The van der Waals surface area contributed by atoms with Crippen molar-refractivity contribution < 1.29 is 18.0 Å². The van der Waals surface area contributed by atoms with Gasteiger partial charge in [0.05, 0.1) is 23.0 Å². The van der Waals surface area contributed by atoms with Crippen molar-refractivity contribution in [1.29, 1.82) is 0 Å². The van der Waals surface area contributed by atoms with Crippen LogP contribution in [-0.4, -0.2) is 63.4 Å². The van der Waals surface area contributed by atoms with Gasteiger partial charge in [-0.1, -0.05) is 0 Å². The molecule has 1 aliphatic carbocycles. The van der Waals surface area contributed by atoms with Crippen molar-refractivity contribution in [2.24, 2.45) is 0 Å². The van der Waals surface area contributed by atoms with E-state index in [1.807, 2.05) is 24.5 Å². The number of carbonyl (C=O) groups is 1. The molecule has 198 valence electrons. The van der Waals surface area contributed by atoms with E-state index in [4.69, 9.17) is 0 Å². The van der Waals surface area contributed by atoms with Crippen LogP contribution in [0.4, 0.5) is 13.2 Å². The molecule has 2 aromatic heterocycles. The molecule has 0 bridgehead atoms. The molecule has 0 N–H and O–H groups in total. The van der Waals surface area contributed by atoms with Gasteiger partial charge in [0.1, 0.15) is 5.82 Å². The Bertz CT molecular complexity index is 1270. The number of fused-ring (bicyclic) bond motifs is 1. The molecule has 2 aliphatic rings. The molecule has 2 fully saturated rings. The van der Waals surface area contributed by atoms with E-state index in [9.17, 15) is 18.0 Å². The second kappa shape index (κ2) is 10.1. The number of piperidine rings is 1. The predicted octanol–water partition coefficient (Wildman–Crippen LogP) is 6.40. The van der Waals surface area contributed by atoms with E-state index in [0.717, 1.165) is 36.6 Å². The number of alkyl halides is 2. The fourth-order valence-electron chi connectivity index (χ4n) is 5.91. The minimum atomic E-state index is -2.52. The lowest BCUT2D eigenvalue weighted by atomic mass is 9.80. The van der Waals surface area contributed by atoms with Gasteiger partial charge in [0.2, 0.25) is 0 Å². The molecule has 8 heteroatoms. The number of rotatable bonds is 5. The molecule has 3 aromatic rings. The number of carbonyl (C=O) groups excluding carboxylic acids is 1. The van der Waals surface area contributed by atoms with Crippen LogP contribution in [-0.2, 0) is 0 Å². The van der Waals surface area contributed by atoms with Crippen LogP contribution in [0.5, 0.6) is 0 Å². The molecular weight excluding hydrogens is 477 g/mol. The molecule has 1 saturated carbocycles. The van der Waals surface area contributed by atoms with E-state index in [0.29, 0.717) is 36.3 Å². The highest BCUT2D eigenvalue weighted by Crippen LogP contribution is 2.41. The van der Waals surface area contributed by atoms with E-state index >= 15 is 0 Å². The lowest BCUT2D eigenvalue weighted by Gasteiger charge is -2.40. The van der Waals surface area contributed by atoms with Crippen LogP contribution in [0.25, 0.3) is 16.6 Å². The number of pyridine rings is 1. The largest absolute Gasteiger partial charge is 0.339 e. The molecule has 1 saturated heterocycles. The number of hydrogen-bond acceptors (Lipinski definition) is 3. The maximum atomic E-state index is 14.3. The molecule has 0 radical (unpaired) electrons. The number of aromatic nitrogens is 2. The fraction of sp³-hybridized carbons (Fsp3) is 0.517. The Balaban J connectivity index is 1.44. The molecular formula is C29H35F3N4O. The summed E-state index contributed by atoms with van der Waals surface area (Å²) in [7, 11) is 1.73. The zero-order valence-corrected chi connectivity index (χ0v) is 21.8. The number of halogens is 3. The van der Waals surface area contributed by atoms with Gasteiger partial charge in [0, 0.05) is 62.8 Å². The molecule has 1 aliphatic heterocycles. The first-order valence-electron chi connectivity index (χ1n) is 13.3. The smallest absolute Gasteiger partial charge is 0.256 e. The number of hydrogen-bond donors (Lipinski definition) is 0. The van der Waals surface area contributed by atoms with Gasteiger partial charge in [0.25, 0.3) is 11.8 Å². The van der Waals surface area contributed by atoms with E-state index in [1.54, 1.807) is 30.4 Å². The zero-order chi connectivity index (χ0) is 26.3. The minimum absolute atomic E-state index is 0.0245. The second-order valence-corrected chi connectivity index (χ2v) is 10.9. The first kappa shape index (κ1) is 25.8. The Kier molecular flexibility index (Phi) is 7.05. The SMILES string of the molecule is CC(C)N(C)C(=O)c1cc(F)ccc1-n1cc([C@H]2CC[C@@H](N3CCC(F)(F)CC3)CC2)c2ccncc21. The molecule has 3 heterocycles. The van der Waals surface area contributed by atoms with Gasteiger partial charge in [-0.25, -0.2) is 13.2 Å². The van der Waals surface area contributed by atoms with Crippen LogP contribution in [0.3, 0.4) is 0 Å². The third-order valence-electron chi connectivity index (χ3n) is 8.36. The number of benzene rings is 1. The third kappa shape index (κ3) is 5.13. The van der Waals surface area contributed by atoms with Gasteiger partial charge in [-0.15, -0.1) is 0 Å². The molecule has 0 spiro atoms. The highest BCUT2D eigenvalue weighted by Gasteiger charge is 2.37. The van der Waals surface area contributed by atoms with Gasteiger partial charge >= 0.3 is 0 Å². The van der Waals surface area contributed by atoms with Crippen LogP contribution in [0.1, 0.15) is 74.2 Å². The van der Waals surface area contributed by atoms with Crippen molar-refractivity contribution >= 4 is 16.8 Å². The van der Waals surface area contributed by atoms with Crippen molar-refractivity contribution in [3.05, 3.63) is 59.8 Å². The van der Waals surface area contributed by atoms with E-state index in [2.05, 4.69) is 16.1 Å². The molecule has 0 atom stereocenters. The highest BCUT2D eigenvalue weighted by atomic mass is 19.3. The molecule has 1 amide bonds. The average molecular weight is 513 g/mol. The summed E-state index contributed by atoms with van der Waals surface area (Å²) >= 11 is 0. The minimum Gasteiger partial charge on any atom is -0.339 e. The topological polar surface area (TPSA) is 41.4 Å². The number of nitrogens with zero attached hydrogens (tertiary/aromatic N) is 4. The summed E-state index contributed by atoms with van der Waals surface area (Å²) in [4.78, 5) is 21.5. The first-order valence-corrected chi connectivity index (χ1v) is 13.3. The summed E-state index contributed by atoms with van der Waals surface area (Å²) in [5.74, 6) is -2.88. The van der Waals surface area contributed by atoms with Crippen molar-refractivity contribution in [2.75, 3.05) is 20.1 Å². The van der Waals surface area contributed by atoms with Crippen LogP contribution < -0.4 is 0 Å². The van der Waals surface area contributed by atoms with Gasteiger partial charge in [-0.3, -0.25) is 14.7 Å². The molecule has 5 nitrogen and oxygen atoms in total. The van der Waals surface area contributed by atoms with E-state index in [-0.39, 0.29) is 24.8 Å². The Morgan fingerprint density at radius 2 is 1.81 bits per heavy atom. The van der Waals surface area contributed by atoms with E-state index in [1.165, 1.54) is 17.7 Å². The summed E-state index contributed by atoms with van der Waals surface area (Å²) in [5.41, 5.74) is 3.02. The van der Waals surface area contributed by atoms with Crippen LogP contribution in [0, 0.1) is 5.82 Å². The van der Waals surface area contributed by atoms with Gasteiger partial charge in [0.15, 0.2) is 0 Å².